The Balaban J connectivity index is 3.05. The molecule has 1 N–H and O–H groups in total. The molecule has 0 spiro atoms. The van der Waals surface area contributed by atoms with Crippen molar-refractivity contribution in [1.82, 2.24) is 0 Å². The van der Waals surface area contributed by atoms with E-state index in [1.54, 1.807) is 24.3 Å². The average molecular weight is 147 g/mol. The van der Waals surface area contributed by atoms with Crippen LogP contribution in [0.4, 0.5) is 0 Å². The summed E-state index contributed by atoms with van der Waals surface area (Å²) in [5.74, 6) is 0. The Kier molecular flexibility index (Phi) is 1.93. The van der Waals surface area contributed by atoms with E-state index in [0.717, 1.165) is 0 Å². The third kappa shape index (κ3) is 1.57. The van der Waals surface area contributed by atoms with E-state index in [1.165, 1.54) is 6.92 Å². The number of benzene rings is 1. The molecule has 2 nitrogen and oxygen atoms in total. The molecular formula is C9H9NO. The lowest BCUT2D eigenvalue weighted by Crippen LogP contribution is -2.17. The van der Waals surface area contributed by atoms with E-state index in [1.807, 2.05) is 12.1 Å². The van der Waals surface area contributed by atoms with Gasteiger partial charge in [0.05, 0.1) is 0 Å². The summed E-state index contributed by atoms with van der Waals surface area (Å²) in [6.45, 7) is 1.47. The number of nitriles is 1. The third-order valence-electron chi connectivity index (χ3n) is 1.55. The largest absolute Gasteiger partial charge is 0.372 e. The minimum absolute atomic E-state index is 0.627. The zero-order chi connectivity index (χ0) is 8.32. The Morgan fingerprint density at radius 2 is 1.91 bits per heavy atom. The molecule has 0 aliphatic carbocycles. The smallest absolute Gasteiger partial charge is 0.173 e. The lowest BCUT2D eigenvalue weighted by Gasteiger charge is -2.13. The van der Waals surface area contributed by atoms with Crippen LogP contribution in [0.1, 0.15) is 12.5 Å². The maximum Gasteiger partial charge on any atom is 0.173 e. The van der Waals surface area contributed by atoms with Gasteiger partial charge in [0.2, 0.25) is 0 Å². The lowest BCUT2D eigenvalue weighted by molar-refractivity contribution is 0.119. The van der Waals surface area contributed by atoms with E-state index in [4.69, 9.17) is 5.26 Å². The van der Waals surface area contributed by atoms with Gasteiger partial charge in [0, 0.05) is 0 Å². The van der Waals surface area contributed by atoms with Gasteiger partial charge in [-0.05, 0) is 12.5 Å². The maximum absolute atomic E-state index is 9.43. The maximum atomic E-state index is 9.43. The van der Waals surface area contributed by atoms with Gasteiger partial charge in [0.15, 0.2) is 5.60 Å². The standard InChI is InChI=1S/C9H9NO/c1-9(11,7-10)8-5-3-2-4-6-8/h2-6,11H,1H3. The zero-order valence-electron chi connectivity index (χ0n) is 6.28. The monoisotopic (exact) mass is 147 g/mol. The topological polar surface area (TPSA) is 44.0 Å². The van der Waals surface area contributed by atoms with E-state index >= 15 is 0 Å². The van der Waals surface area contributed by atoms with Crippen molar-refractivity contribution in [3.05, 3.63) is 35.9 Å². The molecule has 1 unspecified atom stereocenters. The SMILES string of the molecule is CC(O)(C#N)c1ccccc1. The van der Waals surface area contributed by atoms with Crippen LogP contribution in [0.5, 0.6) is 0 Å². The van der Waals surface area contributed by atoms with Crippen LogP contribution in [-0.4, -0.2) is 5.11 Å². The van der Waals surface area contributed by atoms with E-state index in [9.17, 15) is 5.11 Å². The highest BCUT2D eigenvalue weighted by molar-refractivity contribution is 5.26. The summed E-state index contributed by atoms with van der Waals surface area (Å²) in [7, 11) is 0. The summed E-state index contributed by atoms with van der Waals surface area (Å²) in [6, 6.07) is 10.7. The fourth-order valence-corrected chi connectivity index (χ4v) is 0.827. The van der Waals surface area contributed by atoms with Gasteiger partial charge in [-0.15, -0.1) is 0 Å². The first-order valence-electron chi connectivity index (χ1n) is 3.36. The van der Waals surface area contributed by atoms with E-state index in [-0.39, 0.29) is 0 Å². The normalized spacial score (nSPS) is 15.0. The molecule has 56 valence electrons. The molecular weight excluding hydrogens is 138 g/mol. The van der Waals surface area contributed by atoms with Crippen molar-refractivity contribution in [3.8, 4) is 6.07 Å². The number of rotatable bonds is 1. The van der Waals surface area contributed by atoms with Crippen LogP contribution in [0.25, 0.3) is 0 Å². The highest BCUT2D eigenvalue weighted by Gasteiger charge is 2.20. The van der Waals surface area contributed by atoms with Gasteiger partial charge in [-0.25, -0.2) is 0 Å². The van der Waals surface area contributed by atoms with Crippen LogP contribution in [0, 0.1) is 11.3 Å². The molecule has 2 heteroatoms. The first kappa shape index (κ1) is 7.77. The minimum atomic E-state index is -1.36. The van der Waals surface area contributed by atoms with Crippen LogP contribution in [0.15, 0.2) is 30.3 Å². The molecule has 0 aromatic heterocycles. The molecule has 1 aromatic rings. The summed E-state index contributed by atoms with van der Waals surface area (Å²) in [6.07, 6.45) is 0. The van der Waals surface area contributed by atoms with Crippen LogP contribution < -0.4 is 0 Å². The molecule has 1 rings (SSSR count). The number of hydrogen-bond acceptors (Lipinski definition) is 2. The van der Waals surface area contributed by atoms with Gasteiger partial charge in [-0.2, -0.15) is 5.26 Å². The fraction of sp³-hybridized carbons (Fsp3) is 0.222. The van der Waals surface area contributed by atoms with E-state index in [0.29, 0.717) is 5.56 Å². The van der Waals surface area contributed by atoms with Crippen LogP contribution in [0.3, 0.4) is 0 Å². The first-order valence-corrected chi connectivity index (χ1v) is 3.36. The van der Waals surface area contributed by atoms with Crippen LogP contribution >= 0.6 is 0 Å². The number of hydrogen-bond donors (Lipinski definition) is 1. The highest BCUT2D eigenvalue weighted by Crippen LogP contribution is 2.17. The van der Waals surface area contributed by atoms with E-state index in [2.05, 4.69) is 0 Å². The van der Waals surface area contributed by atoms with Gasteiger partial charge in [0.25, 0.3) is 0 Å². The van der Waals surface area contributed by atoms with Gasteiger partial charge >= 0.3 is 0 Å². The molecule has 0 bridgehead atoms. The Labute approximate surface area is 65.7 Å². The molecule has 0 aliphatic heterocycles. The predicted octanol–water partition coefficient (Wildman–Crippen LogP) is 1.42. The molecule has 1 aromatic carbocycles. The minimum Gasteiger partial charge on any atom is -0.372 e. The Morgan fingerprint density at radius 3 is 2.36 bits per heavy atom. The second kappa shape index (κ2) is 2.73. The second-order valence-corrected chi connectivity index (χ2v) is 2.55. The predicted molar refractivity (Wildman–Crippen MR) is 41.6 cm³/mol. The second-order valence-electron chi connectivity index (χ2n) is 2.55. The van der Waals surface area contributed by atoms with Crippen molar-refractivity contribution >= 4 is 0 Å². The van der Waals surface area contributed by atoms with Crippen molar-refractivity contribution < 1.29 is 5.11 Å². The molecule has 0 radical (unpaired) electrons. The van der Waals surface area contributed by atoms with Crippen LogP contribution in [-0.2, 0) is 5.60 Å². The van der Waals surface area contributed by atoms with Crippen molar-refractivity contribution in [1.29, 1.82) is 5.26 Å². The quantitative estimate of drug-likeness (QED) is 0.610. The van der Waals surface area contributed by atoms with Crippen molar-refractivity contribution in [2.24, 2.45) is 0 Å². The summed E-state index contributed by atoms with van der Waals surface area (Å²) in [5, 5.41) is 18.0. The fourth-order valence-electron chi connectivity index (χ4n) is 0.827. The lowest BCUT2D eigenvalue weighted by atomic mass is 9.98. The zero-order valence-corrected chi connectivity index (χ0v) is 6.28. The van der Waals surface area contributed by atoms with Crippen molar-refractivity contribution in [2.45, 2.75) is 12.5 Å². The number of aliphatic hydroxyl groups is 1. The Morgan fingerprint density at radius 1 is 1.36 bits per heavy atom. The van der Waals surface area contributed by atoms with Crippen molar-refractivity contribution in [3.63, 3.8) is 0 Å². The molecule has 0 amide bonds. The average Bonchev–Trinajstić information content (AvgIpc) is 2.06. The van der Waals surface area contributed by atoms with Gasteiger partial charge < -0.3 is 5.11 Å². The van der Waals surface area contributed by atoms with Gasteiger partial charge in [0.1, 0.15) is 6.07 Å². The molecule has 0 heterocycles. The summed E-state index contributed by atoms with van der Waals surface area (Å²) < 4.78 is 0. The van der Waals surface area contributed by atoms with Crippen LogP contribution in [0.2, 0.25) is 0 Å². The Hall–Kier alpha value is -1.33. The van der Waals surface area contributed by atoms with E-state index < -0.39 is 5.60 Å². The molecule has 0 saturated heterocycles. The summed E-state index contributed by atoms with van der Waals surface area (Å²) in [4.78, 5) is 0. The van der Waals surface area contributed by atoms with Gasteiger partial charge in [-0.1, -0.05) is 30.3 Å². The molecule has 11 heavy (non-hydrogen) atoms. The Bertz CT molecular complexity index is 271. The molecule has 0 fully saturated rings. The summed E-state index contributed by atoms with van der Waals surface area (Å²) >= 11 is 0. The highest BCUT2D eigenvalue weighted by atomic mass is 16.3. The molecule has 1 atom stereocenters. The first-order chi connectivity index (χ1) is 5.17. The van der Waals surface area contributed by atoms with Gasteiger partial charge in [-0.3, -0.25) is 0 Å². The van der Waals surface area contributed by atoms with Crippen molar-refractivity contribution in [2.75, 3.05) is 0 Å². The molecule has 0 aliphatic rings. The summed E-state index contributed by atoms with van der Waals surface area (Å²) in [5.41, 5.74) is -0.733. The third-order valence-corrected chi connectivity index (χ3v) is 1.55. The number of nitrogens with zero attached hydrogens (tertiary/aromatic N) is 1. The molecule has 0 saturated carbocycles.